The van der Waals surface area contributed by atoms with Crippen molar-refractivity contribution in [3.05, 3.63) is 35.6 Å². The third-order valence-corrected chi connectivity index (χ3v) is 3.10. The molecule has 0 amide bonds. The molecule has 5 heteroatoms. The molecule has 0 spiro atoms. The minimum absolute atomic E-state index is 0.338. The summed E-state index contributed by atoms with van der Waals surface area (Å²) < 4.78 is 12.9. The third-order valence-electron chi connectivity index (χ3n) is 2.01. The molecular weight excluding hydrogens is 217 g/mol. The van der Waals surface area contributed by atoms with Gasteiger partial charge in [-0.25, -0.2) is 9.18 Å². The number of hydrogen-bond acceptors (Lipinski definition) is 3. The second-order valence-electron chi connectivity index (χ2n) is 3.11. The first-order valence-electron chi connectivity index (χ1n) is 4.36. The lowest BCUT2D eigenvalue weighted by Crippen LogP contribution is -2.17. The van der Waals surface area contributed by atoms with Crippen molar-refractivity contribution in [3.63, 3.8) is 0 Å². The van der Waals surface area contributed by atoms with Crippen molar-refractivity contribution in [2.75, 3.05) is 5.75 Å². The Morgan fingerprint density at radius 1 is 1.60 bits per heavy atom. The van der Waals surface area contributed by atoms with Gasteiger partial charge in [-0.15, -0.1) is 11.8 Å². The van der Waals surface area contributed by atoms with E-state index >= 15 is 0 Å². The van der Waals surface area contributed by atoms with Crippen molar-refractivity contribution < 1.29 is 14.3 Å². The minimum Gasteiger partial charge on any atom is -0.480 e. The van der Waals surface area contributed by atoms with Crippen molar-refractivity contribution in [3.8, 4) is 0 Å². The first-order chi connectivity index (χ1) is 7.16. The Labute approximate surface area is 90.0 Å². The largest absolute Gasteiger partial charge is 0.480 e. The molecule has 0 bridgehead atoms. The SMILES string of the molecule is O=C(O)C1CSC(c2cccc(F)c2)=N1. The van der Waals surface area contributed by atoms with E-state index in [0.29, 0.717) is 16.4 Å². The van der Waals surface area contributed by atoms with Gasteiger partial charge in [0, 0.05) is 11.3 Å². The fraction of sp³-hybridized carbons (Fsp3) is 0.200. The van der Waals surface area contributed by atoms with Gasteiger partial charge in [-0.3, -0.25) is 4.99 Å². The molecule has 1 aliphatic heterocycles. The van der Waals surface area contributed by atoms with Crippen LogP contribution in [0.3, 0.4) is 0 Å². The number of carbonyl (C=O) groups is 1. The second-order valence-corrected chi connectivity index (χ2v) is 4.12. The molecule has 0 aromatic heterocycles. The molecular formula is C10H8FNO2S. The molecule has 1 unspecified atom stereocenters. The maximum Gasteiger partial charge on any atom is 0.329 e. The zero-order chi connectivity index (χ0) is 10.8. The number of hydrogen-bond donors (Lipinski definition) is 1. The van der Waals surface area contributed by atoms with Crippen molar-refractivity contribution in [1.82, 2.24) is 0 Å². The van der Waals surface area contributed by atoms with E-state index in [2.05, 4.69) is 4.99 Å². The molecule has 1 aromatic carbocycles. The second kappa shape index (κ2) is 4.02. The van der Waals surface area contributed by atoms with Crippen molar-refractivity contribution in [2.45, 2.75) is 6.04 Å². The summed E-state index contributed by atoms with van der Waals surface area (Å²) in [5, 5.41) is 9.34. The van der Waals surface area contributed by atoms with E-state index < -0.39 is 12.0 Å². The number of carboxylic acids is 1. The average Bonchev–Trinajstić information content (AvgIpc) is 2.66. The number of benzene rings is 1. The molecule has 15 heavy (non-hydrogen) atoms. The third kappa shape index (κ3) is 2.18. The fourth-order valence-corrected chi connectivity index (χ4v) is 2.31. The fourth-order valence-electron chi connectivity index (χ4n) is 1.28. The molecule has 1 aromatic rings. The topological polar surface area (TPSA) is 49.7 Å². The molecule has 1 atom stereocenters. The number of aliphatic imine (C=N–C) groups is 1. The first-order valence-corrected chi connectivity index (χ1v) is 5.35. The van der Waals surface area contributed by atoms with Gasteiger partial charge in [0.25, 0.3) is 0 Å². The Hall–Kier alpha value is -1.36. The van der Waals surface area contributed by atoms with Crippen LogP contribution < -0.4 is 0 Å². The molecule has 2 rings (SSSR count). The lowest BCUT2D eigenvalue weighted by molar-refractivity contribution is -0.137. The standard InChI is InChI=1S/C10H8FNO2S/c11-7-3-1-2-6(4-7)9-12-8(5-15-9)10(13)14/h1-4,8H,5H2,(H,13,14). The number of nitrogens with zero attached hydrogens (tertiary/aromatic N) is 1. The highest BCUT2D eigenvalue weighted by Gasteiger charge is 2.25. The molecule has 3 nitrogen and oxygen atoms in total. The molecule has 1 aliphatic rings. The Morgan fingerprint density at radius 2 is 2.40 bits per heavy atom. The number of thioether (sulfide) groups is 1. The van der Waals surface area contributed by atoms with Crippen LogP contribution in [0.25, 0.3) is 0 Å². The van der Waals surface area contributed by atoms with Crippen LogP contribution in [-0.4, -0.2) is 27.9 Å². The highest BCUT2D eigenvalue weighted by Crippen LogP contribution is 2.23. The van der Waals surface area contributed by atoms with E-state index in [-0.39, 0.29) is 5.82 Å². The Balaban J connectivity index is 2.26. The molecule has 78 valence electrons. The number of aliphatic carboxylic acids is 1. The van der Waals surface area contributed by atoms with Gasteiger partial charge in [-0.1, -0.05) is 12.1 Å². The maximum absolute atomic E-state index is 12.9. The summed E-state index contributed by atoms with van der Waals surface area (Å²) >= 11 is 1.34. The van der Waals surface area contributed by atoms with Gasteiger partial charge in [0.2, 0.25) is 0 Å². The van der Waals surface area contributed by atoms with E-state index in [1.807, 2.05) is 0 Å². The summed E-state index contributed by atoms with van der Waals surface area (Å²) in [4.78, 5) is 14.7. The van der Waals surface area contributed by atoms with Crippen LogP contribution in [0, 0.1) is 5.82 Å². The van der Waals surface area contributed by atoms with Gasteiger partial charge >= 0.3 is 5.97 Å². The summed E-state index contributed by atoms with van der Waals surface area (Å²) in [6.07, 6.45) is 0. The van der Waals surface area contributed by atoms with Gasteiger partial charge in [0.05, 0.1) is 5.04 Å². The molecule has 0 aliphatic carbocycles. The molecule has 0 saturated carbocycles. The van der Waals surface area contributed by atoms with Crippen LogP contribution in [0.5, 0.6) is 0 Å². The molecule has 0 saturated heterocycles. The lowest BCUT2D eigenvalue weighted by Gasteiger charge is -1.98. The Kier molecular flexibility index (Phi) is 2.73. The normalized spacial score (nSPS) is 20.1. The quantitative estimate of drug-likeness (QED) is 0.834. The summed E-state index contributed by atoms with van der Waals surface area (Å²) in [7, 11) is 0. The maximum atomic E-state index is 12.9. The van der Waals surface area contributed by atoms with Crippen molar-refractivity contribution >= 4 is 22.8 Å². The summed E-state index contributed by atoms with van der Waals surface area (Å²) in [5.41, 5.74) is 0.642. The molecule has 0 fully saturated rings. The Bertz CT molecular complexity index is 433. The highest BCUT2D eigenvalue weighted by atomic mass is 32.2. The van der Waals surface area contributed by atoms with Crippen molar-refractivity contribution in [2.24, 2.45) is 4.99 Å². The van der Waals surface area contributed by atoms with Gasteiger partial charge in [0.1, 0.15) is 5.82 Å². The minimum atomic E-state index is -0.936. The van der Waals surface area contributed by atoms with Crippen LogP contribution in [0.2, 0.25) is 0 Å². The van der Waals surface area contributed by atoms with Gasteiger partial charge in [0.15, 0.2) is 6.04 Å². The molecule has 1 heterocycles. The van der Waals surface area contributed by atoms with E-state index in [4.69, 9.17) is 5.11 Å². The van der Waals surface area contributed by atoms with Gasteiger partial charge < -0.3 is 5.11 Å². The summed E-state index contributed by atoms with van der Waals surface area (Å²) in [6, 6.07) is 5.31. The van der Waals surface area contributed by atoms with E-state index in [1.54, 1.807) is 12.1 Å². The summed E-state index contributed by atoms with van der Waals surface area (Å²) in [6.45, 7) is 0. The van der Waals surface area contributed by atoms with Gasteiger partial charge in [-0.05, 0) is 12.1 Å². The van der Waals surface area contributed by atoms with Crippen LogP contribution in [-0.2, 0) is 4.79 Å². The monoisotopic (exact) mass is 225 g/mol. The van der Waals surface area contributed by atoms with Crippen molar-refractivity contribution in [1.29, 1.82) is 0 Å². The average molecular weight is 225 g/mol. The predicted octanol–water partition coefficient (Wildman–Crippen LogP) is 1.77. The van der Waals surface area contributed by atoms with Crippen LogP contribution in [0.1, 0.15) is 5.56 Å². The van der Waals surface area contributed by atoms with Crippen LogP contribution in [0.15, 0.2) is 29.3 Å². The van der Waals surface area contributed by atoms with E-state index in [9.17, 15) is 9.18 Å². The number of halogens is 1. The van der Waals surface area contributed by atoms with Crippen LogP contribution in [0.4, 0.5) is 4.39 Å². The highest BCUT2D eigenvalue weighted by molar-refractivity contribution is 8.14. The van der Waals surface area contributed by atoms with Gasteiger partial charge in [-0.2, -0.15) is 0 Å². The lowest BCUT2D eigenvalue weighted by atomic mass is 10.2. The predicted molar refractivity (Wildman–Crippen MR) is 56.8 cm³/mol. The van der Waals surface area contributed by atoms with E-state index in [0.717, 1.165) is 0 Å². The zero-order valence-corrected chi connectivity index (χ0v) is 8.50. The zero-order valence-electron chi connectivity index (χ0n) is 7.68. The summed E-state index contributed by atoms with van der Waals surface area (Å²) in [5.74, 6) is -0.857. The number of carboxylic acid groups (broad SMARTS) is 1. The smallest absolute Gasteiger partial charge is 0.329 e. The number of rotatable bonds is 2. The molecule has 0 radical (unpaired) electrons. The van der Waals surface area contributed by atoms with Crippen LogP contribution >= 0.6 is 11.8 Å². The van der Waals surface area contributed by atoms with E-state index in [1.165, 1.54) is 23.9 Å². The first kappa shape index (κ1) is 10.2. The Morgan fingerprint density at radius 3 is 3.00 bits per heavy atom. The molecule has 1 N–H and O–H groups in total.